The Bertz CT molecular complexity index is 767. The molecule has 0 bridgehead atoms. The normalized spacial score (nSPS) is 11.5. The highest BCUT2D eigenvalue weighted by Crippen LogP contribution is 2.31. The minimum atomic E-state index is -4.61. The smallest absolute Gasteiger partial charge is 0.386 e. The Balaban J connectivity index is 2.75. The summed E-state index contributed by atoms with van der Waals surface area (Å²) in [5, 5.41) is 5.28. The molecule has 6 nitrogen and oxygen atoms in total. The van der Waals surface area contributed by atoms with Crippen LogP contribution in [0.5, 0.6) is 0 Å². The van der Waals surface area contributed by atoms with Gasteiger partial charge in [0, 0.05) is 19.4 Å². The van der Waals surface area contributed by atoms with Crippen LogP contribution in [0.1, 0.15) is 12.6 Å². The van der Waals surface area contributed by atoms with Crippen molar-refractivity contribution in [2.45, 2.75) is 13.1 Å². The number of halogens is 3. The van der Waals surface area contributed by atoms with Gasteiger partial charge in [-0.3, -0.25) is 9.59 Å². The molecule has 0 atom stereocenters. The maximum atomic E-state index is 12.6. The molecule has 0 aliphatic heterocycles. The molecule has 0 unspecified atom stereocenters. The van der Waals surface area contributed by atoms with Crippen molar-refractivity contribution in [2.24, 2.45) is 0 Å². The molecule has 2 rings (SSSR count). The number of nitrogens with zero attached hydrogens (tertiary/aromatic N) is 1. The lowest BCUT2D eigenvalue weighted by atomic mass is 10.2. The fourth-order valence-corrected chi connectivity index (χ4v) is 1.89. The summed E-state index contributed by atoms with van der Waals surface area (Å²) in [6.07, 6.45) is -4.61. The maximum absolute atomic E-state index is 12.6. The molecular weight excluding hydrogens is 289 g/mol. The van der Waals surface area contributed by atoms with E-state index in [4.69, 9.17) is 0 Å². The first-order valence-corrected chi connectivity index (χ1v) is 5.83. The van der Waals surface area contributed by atoms with Gasteiger partial charge in [-0.15, -0.1) is 0 Å². The highest BCUT2D eigenvalue weighted by atomic mass is 19.4. The summed E-state index contributed by atoms with van der Waals surface area (Å²) < 4.78 is 37.9. The Morgan fingerprint density at radius 3 is 2.48 bits per heavy atom. The second-order valence-electron chi connectivity index (χ2n) is 4.23. The van der Waals surface area contributed by atoms with Crippen LogP contribution in [-0.2, 0) is 11.0 Å². The molecule has 1 amide bonds. The van der Waals surface area contributed by atoms with Crippen LogP contribution < -0.4 is 16.2 Å². The van der Waals surface area contributed by atoms with Crippen LogP contribution in [0, 0.1) is 0 Å². The van der Waals surface area contributed by atoms with E-state index in [9.17, 15) is 22.8 Å². The summed E-state index contributed by atoms with van der Waals surface area (Å²) in [4.78, 5) is 28.6. The molecule has 0 aromatic carbocycles. The second-order valence-corrected chi connectivity index (χ2v) is 4.23. The number of carbonyl (C=O) groups excluding carboxylic acids is 1. The number of fused-ring (bicyclic) bond motifs is 1. The number of anilines is 2. The van der Waals surface area contributed by atoms with Crippen LogP contribution in [0.15, 0.2) is 16.9 Å². The predicted molar refractivity (Wildman–Crippen MR) is 71.2 cm³/mol. The molecule has 2 heterocycles. The van der Waals surface area contributed by atoms with E-state index in [2.05, 4.69) is 20.6 Å². The van der Waals surface area contributed by atoms with E-state index in [1.807, 2.05) is 0 Å². The average Bonchev–Trinajstić information content (AvgIpc) is 2.37. The first-order valence-electron chi connectivity index (χ1n) is 5.83. The van der Waals surface area contributed by atoms with Crippen molar-refractivity contribution in [3.63, 3.8) is 0 Å². The fourth-order valence-electron chi connectivity index (χ4n) is 1.89. The van der Waals surface area contributed by atoms with Gasteiger partial charge < -0.3 is 15.6 Å². The molecule has 3 N–H and O–H groups in total. The van der Waals surface area contributed by atoms with Gasteiger partial charge in [0.2, 0.25) is 5.91 Å². The zero-order chi connectivity index (χ0) is 15.8. The molecule has 0 aliphatic carbocycles. The van der Waals surface area contributed by atoms with E-state index in [0.717, 1.165) is 6.07 Å². The van der Waals surface area contributed by atoms with E-state index in [-0.39, 0.29) is 22.4 Å². The van der Waals surface area contributed by atoms with Crippen LogP contribution in [0.2, 0.25) is 0 Å². The Morgan fingerprint density at radius 1 is 1.29 bits per heavy atom. The van der Waals surface area contributed by atoms with E-state index in [1.165, 1.54) is 20.0 Å². The molecule has 112 valence electrons. The number of carbonyl (C=O) groups is 1. The summed E-state index contributed by atoms with van der Waals surface area (Å²) in [5.74, 6) is -0.476. The van der Waals surface area contributed by atoms with Gasteiger partial charge >= 0.3 is 6.18 Å². The fraction of sp³-hybridized carbons (Fsp3) is 0.250. The largest absolute Gasteiger partial charge is 0.433 e. The van der Waals surface area contributed by atoms with Crippen molar-refractivity contribution in [1.29, 1.82) is 0 Å². The number of rotatable bonds is 2. The Labute approximate surface area is 116 Å². The van der Waals surface area contributed by atoms with Crippen molar-refractivity contribution in [3.8, 4) is 0 Å². The van der Waals surface area contributed by atoms with E-state index < -0.39 is 23.3 Å². The Morgan fingerprint density at radius 2 is 1.95 bits per heavy atom. The van der Waals surface area contributed by atoms with Gasteiger partial charge in [0.15, 0.2) is 0 Å². The summed E-state index contributed by atoms with van der Waals surface area (Å²) in [5.41, 5.74) is -1.94. The monoisotopic (exact) mass is 300 g/mol. The summed E-state index contributed by atoms with van der Waals surface area (Å²) in [6.45, 7) is 1.22. The van der Waals surface area contributed by atoms with E-state index >= 15 is 0 Å². The number of alkyl halides is 3. The number of amides is 1. The number of aromatic amines is 1. The standard InChI is InChI=1S/C12H11F3N4O2/c1-5(20)17-9-8(16-2)6-3-4-7(12(13,14)15)18-10(6)19-11(9)21/h3-4H,1-2H3,(H,17,20)(H2,16,18,19,21). The van der Waals surface area contributed by atoms with Gasteiger partial charge in [0.25, 0.3) is 5.56 Å². The predicted octanol–water partition coefficient (Wildman–Crippen LogP) is 1.94. The lowest BCUT2D eigenvalue weighted by molar-refractivity contribution is -0.141. The molecule has 2 aromatic rings. The van der Waals surface area contributed by atoms with Crippen LogP contribution in [0.3, 0.4) is 0 Å². The van der Waals surface area contributed by atoms with Crippen molar-refractivity contribution >= 4 is 28.3 Å². The molecule has 0 radical (unpaired) electrons. The van der Waals surface area contributed by atoms with Crippen molar-refractivity contribution in [3.05, 3.63) is 28.2 Å². The number of H-pyrrole nitrogens is 1. The molecule has 0 saturated heterocycles. The van der Waals surface area contributed by atoms with Gasteiger partial charge in [0.1, 0.15) is 17.0 Å². The first kappa shape index (κ1) is 14.8. The van der Waals surface area contributed by atoms with Crippen LogP contribution in [-0.4, -0.2) is 22.9 Å². The summed E-state index contributed by atoms with van der Waals surface area (Å²) in [6, 6.07) is 1.98. The zero-order valence-electron chi connectivity index (χ0n) is 11.1. The number of hydrogen-bond donors (Lipinski definition) is 3. The summed E-state index contributed by atoms with van der Waals surface area (Å²) in [7, 11) is 1.48. The number of hydrogen-bond acceptors (Lipinski definition) is 4. The van der Waals surface area contributed by atoms with Gasteiger partial charge in [0.05, 0.1) is 5.69 Å². The molecule has 0 saturated carbocycles. The molecule has 21 heavy (non-hydrogen) atoms. The lowest BCUT2D eigenvalue weighted by Crippen LogP contribution is -2.20. The zero-order valence-corrected chi connectivity index (χ0v) is 11.1. The number of nitrogens with one attached hydrogen (secondary N) is 3. The highest BCUT2D eigenvalue weighted by Gasteiger charge is 2.32. The molecular formula is C12H11F3N4O2. The minimum absolute atomic E-state index is 0.0703. The third-order valence-electron chi connectivity index (χ3n) is 2.72. The second kappa shape index (κ2) is 5.08. The van der Waals surface area contributed by atoms with Crippen molar-refractivity contribution in [2.75, 3.05) is 17.7 Å². The Hall–Kier alpha value is -2.58. The van der Waals surface area contributed by atoms with Crippen LogP contribution >= 0.6 is 0 Å². The summed E-state index contributed by atoms with van der Waals surface area (Å²) >= 11 is 0. The number of pyridine rings is 2. The van der Waals surface area contributed by atoms with Gasteiger partial charge in [-0.25, -0.2) is 4.98 Å². The van der Waals surface area contributed by atoms with E-state index in [1.54, 1.807) is 0 Å². The Kier molecular flexibility index (Phi) is 3.58. The third kappa shape index (κ3) is 2.81. The van der Waals surface area contributed by atoms with Crippen LogP contribution in [0.25, 0.3) is 11.0 Å². The van der Waals surface area contributed by atoms with Crippen molar-refractivity contribution in [1.82, 2.24) is 9.97 Å². The quantitative estimate of drug-likeness (QED) is 0.791. The van der Waals surface area contributed by atoms with Crippen LogP contribution in [0.4, 0.5) is 24.5 Å². The first-order chi connectivity index (χ1) is 9.74. The molecule has 9 heteroatoms. The minimum Gasteiger partial charge on any atom is -0.386 e. The topological polar surface area (TPSA) is 86.9 Å². The molecule has 0 fully saturated rings. The molecule has 0 spiro atoms. The average molecular weight is 300 g/mol. The maximum Gasteiger partial charge on any atom is 0.433 e. The highest BCUT2D eigenvalue weighted by molar-refractivity contribution is 6.01. The molecule has 2 aromatic heterocycles. The third-order valence-corrected chi connectivity index (χ3v) is 2.72. The lowest BCUT2D eigenvalue weighted by Gasteiger charge is -2.13. The molecule has 0 aliphatic rings. The van der Waals surface area contributed by atoms with Gasteiger partial charge in [-0.2, -0.15) is 13.2 Å². The van der Waals surface area contributed by atoms with Gasteiger partial charge in [-0.1, -0.05) is 0 Å². The van der Waals surface area contributed by atoms with Crippen molar-refractivity contribution < 1.29 is 18.0 Å². The van der Waals surface area contributed by atoms with Gasteiger partial charge in [-0.05, 0) is 12.1 Å². The van der Waals surface area contributed by atoms with E-state index in [0.29, 0.717) is 0 Å². The number of aromatic nitrogens is 2. The SMILES string of the molecule is CNc1c(NC(C)=O)c(=O)[nH]c2nc(C(F)(F)F)ccc12.